The zero-order valence-corrected chi connectivity index (χ0v) is 14.7. The van der Waals surface area contributed by atoms with E-state index in [1.54, 1.807) is 24.3 Å². The quantitative estimate of drug-likeness (QED) is 0.690. The predicted octanol–water partition coefficient (Wildman–Crippen LogP) is 3.57. The molecule has 144 valence electrons. The van der Waals surface area contributed by atoms with Gasteiger partial charge in [0.1, 0.15) is 0 Å². The molecule has 0 saturated heterocycles. The molecule has 2 aromatic rings. The first-order chi connectivity index (χ1) is 12.9. The van der Waals surface area contributed by atoms with Crippen molar-refractivity contribution < 1.29 is 22.8 Å². The van der Waals surface area contributed by atoms with Gasteiger partial charge in [0.05, 0.1) is 5.56 Å². The summed E-state index contributed by atoms with van der Waals surface area (Å²) in [6.45, 7) is 0.737. The van der Waals surface area contributed by atoms with Crippen LogP contribution in [0.2, 0.25) is 0 Å². The molecule has 0 saturated carbocycles. The first kappa shape index (κ1) is 20.5. The van der Waals surface area contributed by atoms with Crippen LogP contribution in [-0.2, 0) is 17.4 Å². The first-order valence-electron chi connectivity index (χ1n) is 8.62. The Morgan fingerprint density at radius 2 is 1.52 bits per heavy atom. The minimum atomic E-state index is -4.34. The first-order valence-corrected chi connectivity index (χ1v) is 8.62. The highest BCUT2D eigenvalue weighted by Gasteiger charge is 2.29. The average molecular weight is 378 g/mol. The van der Waals surface area contributed by atoms with Crippen LogP contribution in [-0.4, -0.2) is 24.9 Å². The fourth-order valence-electron chi connectivity index (χ4n) is 2.44. The van der Waals surface area contributed by atoms with Gasteiger partial charge in [-0.3, -0.25) is 9.59 Å². The predicted molar refractivity (Wildman–Crippen MR) is 96.2 cm³/mol. The van der Waals surface area contributed by atoms with E-state index in [1.807, 2.05) is 6.07 Å². The second-order valence-corrected chi connectivity index (χ2v) is 6.02. The van der Waals surface area contributed by atoms with Crippen molar-refractivity contribution in [2.24, 2.45) is 0 Å². The van der Waals surface area contributed by atoms with Crippen LogP contribution in [0.3, 0.4) is 0 Å². The number of rotatable bonds is 8. The number of nitrogens with one attached hydrogen (secondary N) is 2. The molecule has 7 heteroatoms. The molecule has 2 amide bonds. The zero-order valence-electron chi connectivity index (χ0n) is 14.7. The number of alkyl halides is 3. The maximum Gasteiger partial charge on any atom is 0.416 e. The van der Waals surface area contributed by atoms with Gasteiger partial charge in [0, 0.05) is 25.1 Å². The van der Waals surface area contributed by atoms with Crippen molar-refractivity contribution in [1.82, 2.24) is 10.6 Å². The van der Waals surface area contributed by atoms with Crippen LogP contribution in [0, 0.1) is 0 Å². The van der Waals surface area contributed by atoms with Gasteiger partial charge in [0.25, 0.3) is 5.91 Å². The van der Waals surface area contributed by atoms with Crippen LogP contribution in [0.15, 0.2) is 54.6 Å². The summed E-state index contributed by atoms with van der Waals surface area (Å²) in [5.74, 6) is -0.339. The highest BCUT2D eigenvalue weighted by Crippen LogP contribution is 2.29. The summed E-state index contributed by atoms with van der Waals surface area (Å²) in [6.07, 6.45) is -3.12. The van der Waals surface area contributed by atoms with E-state index in [0.29, 0.717) is 31.5 Å². The molecule has 0 bridgehead atoms. The molecular weight excluding hydrogens is 357 g/mol. The lowest BCUT2D eigenvalue weighted by Gasteiger charge is -2.09. The highest BCUT2D eigenvalue weighted by atomic mass is 19.4. The van der Waals surface area contributed by atoms with Gasteiger partial charge in [0.2, 0.25) is 5.91 Å². The Balaban J connectivity index is 1.60. The third-order valence-electron chi connectivity index (χ3n) is 3.92. The number of halogens is 3. The summed E-state index contributed by atoms with van der Waals surface area (Å²) >= 11 is 0. The van der Waals surface area contributed by atoms with Gasteiger partial charge in [-0.25, -0.2) is 0 Å². The zero-order chi connectivity index (χ0) is 19.7. The number of carbonyl (C=O) groups excluding carboxylic acids is 2. The monoisotopic (exact) mass is 378 g/mol. The SMILES string of the molecule is O=C(CCCNC(=O)c1ccccc1)NCCc1ccc(C(F)(F)F)cc1. The van der Waals surface area contributed by atoms with E-state index in [-0.39, 0.29) is 18.2 Å². The molecule has 27 heavy (non-hydrogen) atoms. The summed E-state index contributed by atoms with van der Waals surface area (Å²) in [5.41, 5.74) is 0.602. The Morgan fingerprint density at radius 3 is 2.15 bits per heavy atom. The summed E-state index contributed by atoms with van der Waals surface area (Å²) in [4.78, 5) is 23.6. The van der Waals surface area contributed by atoms with Crippen molar-refractivity contribution >= 4 is 11.8 Å². The number of hydrogen-bond acceptors (Lipinski definition) is 2. The van der Waals surface area contributed by atoms with Gasteiger partial charge in [0.15, 0.2) is 0 Å². The van der Waals surface area contributed by atoms with Crippen LogP contribution >= 0.6 is 0 Å². The average Bonchev–Trinajstić information content (AvgIpc) is 2.65. The second kappa shape index (κ2) is 9.75. The van der Waals surface area contributed by atoms with Gasteiger partial charge in [-0.2, -0.15) is 13.2 Å². The standard InChI is InChI=1S/C20H21F3N2O2/c21-20(22,23)17-10-8-15(9-11-17)12-14-24-18(26)7-4-13-25-19(27)16-5-2-1-3-6-16/h1-3,5-6,8-11H,4,7,12-14H2,(H,24,26)(H,25,27). The Kier molecular flexibility index (Phi) is 7.40. The van der Waals surface area contributed by atoms with Crippen molar-refractivity contribution in [2.45, 2.75) is 25.4 Å². The van der Waals surface area contributed by atoms with Crippen molar-refractivity contribution in [3.8, 4) is 0 Å². The van der Waals surface area contributed by atoms with Gasteiger partial charge in [-0.1, -0.05) is 30.3 Å². The molecule has 0 spiro atoms. The van der Waals surface area contributed by atoms with E-state index in [4.69, 9.17) is 0 Å². The molecule has 2 N–H and O–H groups in total. The summed E-state index contributed by atoms with van der Waals surface area (Å²) in [7, 11) is 0. The Bertz CT molecular complexity index is 744. The van der Waals surface area contributed by atoms with Crippen molar-refractivity contribution in [2.75, 3.05) is 13.1 Å². The largest absolute Gasteiger partial charge is 0.416 e. The fraction of sp³-hybridized carbons (Fsp3) is 0.300. The van der Waals surface area contributed by atoms with E-state index < -0.39 is 11.7 Å². The number of carbonyl (C=O) groups is 2. The van der Waals surface area contributed by atoms with Crippen LogP contribution < -0.4 is 10.6 Å². The van der Waals surface area contributed by atoms with E-state index in [2.05, 4.69) is 10.6 Å². The fourth-order valence-corrected chi connectivity index (χ4v) is 2.44. The summed E-state index contributed by atoms with van der Waals surface area (Å²) in [6, 6.07) is 13.7. The molecule has 4 nitrogen and oxygen atoms in total. The van der Waals surface area contributed by atoms with Crippen molar-refractivity contribution in [3.63, 3.8) is 0 Å². The van der Waals surface area contributed by atoms with Crippen molar-refractivity contribution in [1.29, 1.82) is 0 Å². The molecule has 0 aliphatic heterocycles. The molecule has 0 unspecified atom stereocenters. The molecule has 0 atom stereocenters. The lowest BCUT2D eigenvalue weighted by Crippen LogP contribution is -2.28. The van der Waals surface area contributed by atoms with E-state index in [1.165, 1.54) is 12.1 Å². The van der Waals surface area contributed by atoms with Crippen LogP contribution in [0.5, 0.6) is 0 Å². The Morgan fingerprint density at radius 1 is 0.852 bits per heavy atom. The Hall–Kier alpha value is -2.83. The number of hydrogen-bond donors (Lipinski definition) is 2. The molecule has 0 fully saturated rings. The number of benzene rings is 2. The molecule has 0 radical (unpaired) electrons. The minimum Gasteiger partial charge on any atom is -0.356 e. The van der Waals surface area contributed by atoms with E-state index in [0.717, 1.165) is 17.7 Å². The van der Waals surface area contributed by atoms with Crippen LogP contribution in [0.4, 0.5) is 13.2 Å². The normalized spacial score (nSPS) is 11.1. The van der Waals surface area contributed by atoms with Gasteiger partial charge in [-0.05, 0) is 42.7 Å². The van der Waals surface area contributed by atoms with Gasteiger partial charge in [-0.15, -0.1) is 0 Å². The van der Waals surface area contributed by atoms with Gasteiger partial charge < -0.3 is 10.6 Å². The van der Waals surface area contributed by atoms with Crippen LogP contribution in [0.1, 0.15) is 34.3 Å². The smallest absolute Gasteiger partial charge is 0.356 e. The van der Waals surface area contributed by atoms with E-state index in [9.17, 15) is 22.8 Å². The molecule has 0 aliphatic rings. The maximum absolute atomic E-state index is 12.5. The highest BCUT2D eigenvalue weighted by molar-refractivity contribution is 5.94. The molecule has 2 rings (SSSR count). The lowest BCUT2D eigenvalue weighted by atomic mass is 10.1. The van der Waals surface area contributed by atoms with Crippen LogP contribution in [0.25, 0.3) is 0 Å². The summed E-state index contributed by atoms with van der Waals surface area (Å²) in [5, 5.41) is 5.46. The van der Waals surface area contributed by atoms with E-state index >= 15 is 0 Å². The third kappa shape index (κ3) is 7.13. The lowest BCUT2D eigenvalue weighted by molar-refractivity contribution is -0.137. The summed E-state index contributed by atoms with van der Waals surface area (Å²) < 4.78 is 37.5. The van der Waals surface area contributed by atoms with Crippen molar-refractivity contribution in [3.05, 3.63) is 71.3 Å². The molecule has 0 aliphatic carbocycles. The number of amides is 2. The second-order valence-electron chi connectivity index (χ2n) is 6.02. The molecular formula is C20H21F3N2O2. The maximum atomic E-state index is 12.5. The molecule has 0 heterocycles. The minimum absolute atomic E-state index is 0.157. The molecule has 2 aromatic carbocycles. The van der Waals surface area contributed by atoms with Gasteiger partial charge >= 0.3 is 6.18 Å². The Labute approximate surface area is 155 Å². The topological polar surface area (TPSA) is 58.2 Å². The molecule has 0 aromatic heterocycles. The third-order valence-corrected chi connectivity index (χ3v) is 3.92.